The topological polar surface area (TPSA) is 218 Å². The highest BCUT2D eigenvalue weighted by atomic mass is 19.1. The summed E-state index contributed by atoms with van der Waals surface area (Å²) < 4.78 is 78.8. The summed E-state index contributed by atoms with van der Waals surface area (Å²) in [6, 6.07) is 18.2. The van der Waals surface area contributed by atoms with Gasteiger partial charge in [-0.05, 0) is 98.7 Å². The number of epoxide rings is 3. The van der Waals surface area contributed by atoms with Gasteiger partial charge in [0.25, 0.3) is 0 Å². The predicted molar refractivity (Wildman–Crippen MR) is 273 cm³/mol. The van der Waals surface area contributed by atoms with Crippen molar-refractivity contribution in [2.75, 3.05) is 39.3 Å². The SMILES string of the molecule is CC(C)(C)OC(=O)N1C[C@@H](n2cc(-c3cccc(F)c3)nn2)[C@@H]2O[C@@H]2C1.CC(C)(C)OC(=O)N1C[C@@H]2O[C@@H]2[C@@H](n2cc(-c3cccc(F)c3)nn2)C1.CC(C)(C)OC(=O)N1C[C@@H]2O[C@@H]2[C@@H](n2cc(-c3cccc(F)c3)nn2)C1. The Hall–Kier alpha value is -7.44. The Bertz CT molecular complexity index is 2820. The van der Waals surface area contributed by atoms with Gasteiger partial charge in [0, 0.05) is 36.3 Å². The van der Waals surface area contributed by atoms with Gasteiger partial charge in [-0.25, -0.2) is 41.6 Å². The number of carbonyl (C=O) groups is 3. The molecule has 0 radical (unpaired) electrons. The highest BCUT2D eigenvalue weighted by Gasteiger charge is 2.55. The van der Waals surface area contributed by atoms with Crippen molar-refractivity contribution in [1.29, 1.82) is 0 Å². The van der Waals surface area contributed by atoms with Crippen LogP contribution in [0.2, 0.25) is 0 Å². The fraction of sp³-hybridized carbons (Fsp3) is 0.500. The molecule has 6 fully saturated rings. The number of likely N-dealkylation sites (tertiary alicyclic amines) is 3. The molecule has 6 aliphatic rings. The quantitative estimate of drug-likeness (QED) is 0.114. The predicted octanol–water partition coefficient (Wildman–Crippen LogP) is 7.93. The Kier molecular flexibility index (Phi) is 14.6. The van der Waals surface area contributed by atoms with E-state index in [-0.39, 0.29) is 90.5 Å². The lowest BCUT2D eigenvalue weighted by Gasteiger charge is -2.31. The van der Waals surface area contributed by atoms with Gasteiger partial charge >= 0.3 is 18.3 Å². The van der Waals surface area contributed by atoms with Crippen molar-refractivity contribution in [3.05, 3.63) is 109 Å². The van der Waals surface area contributed by atoms with E-state index in [0.717, 1.165) is 0 Å². The van der Waals surface area contributed by atoms with Crippen LogP contribution in [-0.4, -0.2) is 171 Å². The second kappa shape index (κ2) is 21.1. The summed E-state index contributed by atoms with van der Waals surface area (Å²) in [5.41, 5.74) is 2.06. The molecule has 78 heavy (non-hydrogen) atoms. The molecule has 3 aromatic carbocycles. The standard InChI is InChI=1S/3C18H21FN4O3/c3*1-18(2,3)26-17(24)22-9-14(16-15(10-22)25-16)23-8-13(20-21-23)11-5-4-6-12(19)7-11/h3*4-8,14-16H,9-10H2,1-3H3/t3*14-,15-,16+/m100/s1. The van der Waals surface area contributed by atoms with Crippen molar-refractivity contribution < 1.29 is 56.0 Å². The zero-order valence-electron chi connectivity index (χ0n) is 44.8. The van der Waals surface area contributed by atoms with E-state index < -0.39 is 16.8 Å². The van der Waals surface area contributed by atoms with E-state index in [9.17, 15) is 27.6 Å². The molecule has 3 amide bonds. The summed E-state index contributed by atoms with van der Waals surface area (Å²) >= 11 is 0. The molecule has 3 aromatic heterocycles. The molecule has 24 heteroatoms. The molecule has 0 unspecified atom stereocenters. The fourth-order valence-corrected chi connectivity index (χ4v) is 9.58. The fourth-order valence-electron chi connectivity index (χ4n) is 9.58. The van der Waals surface area contributed by atoms with Gasteiger partial charge in [0.1, 0.15) is 106 Å². The van der Waals surface area contributed by atoms with Crippen LogP contribution in [0.3, 0.4) is 0 Å². The zero-order chi connectivity index (χ0) is 55.4. The number of rotatable bonds is 6. The van der Waals surface area contributed by atoms with Crippen molar-refractivity contribution in [2.45, 2.75) is 134 Å². The normalized spacial score (nSPS) is 24.9. The Morgan fingerprint density at radius 2 is 0.718 bits per heavy atom. The van der Waals surface area contributed by atoms with Gasteiger partial charge in [0.15, 0.2) is 0 Å². The van der Waals surface area contributed by atoms with Crippen LogP contribution in [0.25, 0.3) is 33.8 Å². The number of hydrogen-bond acceptors (Lipinski definition) is 15. The summed E-state index contributed by atoms with van der Waals surface area (Å²) in [7, 11) is 0. The van der Waals surface area contributed by atoms with Gasteiger partial charge in [-0.15, -0.1) is 15.3 Å². The summed E-state index contributed by atoms with van der Waals surface area (Å²) in [5.74, 6) is -0.968. The number of amides is 3. The molecule has 6 aliphatic heterocycles. The number of benzene rings is 3. The summed E-state index contributed by atoms with van der Waals surface area (Å²) in [5, 5.41) is 25.0. The van der Waals surface area contributed by atoms with Gasteiger partial charge in [0.05, 0.1) is 38.2 Å². The highest BCUT2D eigenvalue weighted by molar-refractivity contribution is 5.70. The molecule has 9 heterocycles. The van der Waals surface area contributed by atoms with Crippen molar-refractivity contribution in [3.63, 3.8) is 0 Å². The van der Waals surface area contributed by atoms with Crippen LogP contribution in [0.4, 0.5) is 27.6 Å². The Balaban J connectivity index is 0.000000132. The summed E-state index contributed by atoms with van der Waals surface area (Å²) in [6.07, 6.45) is 4.20. The van der Waals surface area contributed by atoms with Crippen LogP contribution >= 0.6 is 0 Å². The summed E-state index contributed by atoms with van der Waals surface area (Å²) in [6.45, 7) is 19.4. The molecule has 9 atom stereocenters. The van der Waals surface area contributed by atoms with E-state index in [0.29, 0.717) is 73.0 Å². The van der Waals surface area contributed by atoms with Gasteiger partial charge < -0.3 is 43.1 Å². The minimum Gasteiger partial charge on any atom is -0.444 e. The molecule has 0 saturated carbocycles. The smallest absolute Gasteiger partial charge is 0.410 e. The second-order valence-electron chi connectivity index (χ2n) is 23.1. The Morgan fingerprint density at radius 3 is 0.962 bits per heavy atom. The van der Waals surface area contributed by atoms with Gasteiger partial charge in [-0.3, -0.25) is 0 Å². The number of ether oxygens (including phenoxy) is 6. The second-order valence-corrected chi connectivity index (χ2v) is 23.1. The Morgan fingerprint density at radius 1 is 0.449 bits per heavy atom. The van der Waals surface area contributed by atoms with E-state index in [1.807, 2.05) is 62.3 Å². The number of fused-ring (bicyclic) bond motifs is 3. The first kappa shape index (κ1) is 53.9. The van der Waals surface area contributed by atoms with E-state index in [4.69, 9.17) is 28.4 Å². The molecule has 0 N–H and O–H groups in total. The monoisotopic (exact) mass is 1080 g/mol. The number of piperidine rings is 3. The van der Waals surface area contributed by atoms with Crippen molar-refractivity contribution in [3.8, 4) is 33.8 Å². The molecule has 0 spiro atoms. The molecule has 6 aromatic rings. The van der Waals surface area contributed by atoms with Crippen LogP contribution < -0.4 is 0 Å². The van der Waals surface area contributed by atoms with E-state index in [2.05, 4.69) is 30.9 Å². The van der Waals surface area contributed by atoms with Crippen LogP contribution in [0.15, 0.2) is 91.4 Å². The summed E-state index contributed by atoms with van der Waals surface area (Å²) in [4.78, 5) is 42.1. The number of carbonyl (C=O) groups excluding carboxylic acids is 3. The number of hydrogen-bond donors (Lipinski definition) is 0. The lowest BCUT2D eigenvalue weighted by atomic mass is 10.1. The molecule has 21 nitrogen and oxygen atoms in total. The Labute approximate surface area is 448 Å². The van der Waals surface area contributed by atoms with Gasteiger partial charge in [-0.1, -0.05) is 52.0 Å². The van der Waals surface area contributed by atoms with Crippen LogP contribution in [0, 0.1) is 17.5 Å². The third-order valence-corrected chi connectivity index (χ3v) is 13.3. The molecular formula is C54H63F3N12O9. The maximum atomic E-state index is 13.4. The van der Waals surface area contributed by atoms with Crippen LogP contribution in [0.5, 0.6) is 0 Å². The largest absolute Gasteiger partial charge is 0.444 e. The van der Waals surface area contributed by atoms with Crippen molar-refractivity contribution in [2.24, 2.45) is 0 Å². The highest BCUT2D eigenvalue weighted by Crippen LogP contribution is 2.41. The molecule has 6 saturated heterocycles. The molecule has 414 valence electrons. The molecular weight excluding hydrogens is 1020 g/mol. The van der Waals surface area contributed by atoms with Crippen LogP contribution in [0.1, 0.15) is 80.4 Å². The first-order valence-electron chi connectivity index (χ1n) is 25.8. The third kappa shape index (κ3) is 13.1. The number of halogens is 3. The maximum absolute atomic E-state index is 13.4. The van der Waals surface area contributed by atoms with E-state index >= 15 is 0 Å². The third-order valence-electron chi connectivity index (χ3n) is 13.3. The molecule has 0 aliphatic carbocycles. The first-order chi connectivity index (χ1) is 36.9. The van der Waals surface area contributed by atoms with Gasteiger partial charge in [-0.2, -0.15) is 0 Å². The number of nitrogens with zero attached hydrogens (tertiary/aromatic N) is 12. The van der Waals surface area contributed by atoms with Crippen LogP contribution in [-0.2, 0) is 28.4 Å². The van der Waals surface area contributed by atoms with Crippen molar-refractivity contribution in [1.82, 2.24) is 59.7 Å². The van der Waals surface area contributed by atoms with Gasteiger partial charge in [0.2, 0.25) is 0 Å². The van der Waals surface area contributed by atoms with E-state index in [1.54, 1.807) is 83.7 Å². The lowest BCUT2D eigenvalue weighted by molar-refractivity contribution is 0.0183. The van der Waals surface area contributed by atoms with E-state index in [1.165, 1.54) is 36.4 Å². The molecule has 12 rings (SSSR count). The average molecular weight is 1080 g/mol. The maximum Gasteiger partial charge on any atom is 0.410 e. The average Bonchev–Trinajstić information content (AvgIpc) is 4.34. The molecule has 0 bridgehead atoms. The number of aromatic nitrogens is 9. The lowest BCUT2D eigenvalue weighted by Crippen LogP contribution is -2.46. The minimum absolute atomic E-state index is 0.00995. The minimum atomic E-state index is -0.550. The first-order valence-corrected chi connectivity index (χ1v) is 25.8. The van der Waals surface area contributed by atoms with Crippen molar-refractivity contribution >= 4 is 18.3 Å². The zero-order valence-corrected chi connectivity index (χ0v) is 44.8.